The molecule has 0 fully saturated rings. The number of nitrogens with one attached hydrogen (secondary N) is 2. The predicted molar refractivity (Wildman–Crippen MR) is 87.2 cm³/mol. The van der Waals surface area contributed by atoms with Gasteiger partial charge < -0.3 is 9.73 Å². The summed E-state index contributed by atoms with van der Waals surface area (Å²) in [5, 5.41) is 9.75. The van der Waals surface area contributed by atoms with Crippen LogP contribution in [0.3, 0.4) is 0 Å². The molecule has 22 heavy (non-hydrogen) atoms. The van der Waals surface area contributed by atoms with Gasteiger partial charge in [-0.3, -0.25) is 9.89 Å². The van der Waals surface area contributed by atoms with Crippen molar-refractivity contribution in [3.05, 3.63) is 53.9 Å². The first kappa shape index (κ1) is 14.5. The van der Waals surface area contributed by atoms with E-state index in [0.29, 0.717) is 17.1 Å². The molecule has 1 amide bonds. The van der Waals surface area contributed by atoms with Gasteiger partial charge in [-0.05, 0) is 37.4 Å². The van der Waals surface area contributed by atoms with E-state index in [9.17, 15) is 4.79 Å². The Labute approximate surface area is 132 Å². The van der Waals surface area contributed by atoms with Crippen LogP contribution in [0.1, 0.15) is 16.2 Å². The number of aryl methyl sites for hydroxylation is 1. The number of nitrogens with zero attached hydrogens (tertiary/aromatic N) is 1. The summed E-state index contributed by atoms with van der Waals surface area (Å²) in [4.78, 5) is 13.3. The molecule has 112 valence electrons. The van der Waals surface area contributed by atoms with Crippen molar-refractivity contribution in [2.75, 3.05) is 11.6 Å². The van der Waals surface area contributed by atoms with Crippen molar-refractivity contribution in [3.63, 3.8) is 0 Å². The van der Waals surface area contributed by atoms with Crippen LogP contribution >= 0.6 is 11.8 Å². The Morgan fingerprint density at radius 2 is 2.09 bits per heavy atom. The zero-order valence-electron chi connectivity index (χ0n) is 12.2. The molecule has 0 radical (unpaired) electrons. The normalized spacial score (nSPS) is 10.6. The van der Waals surface area contributed by atoms with Gasteiger partial charge in [0.15, 0.2) is 11.5 Å². The lowest BCUT2D eigenvalue weighted by Crippen LogP contribution is -2.12. The van der Waals surface area contributed by atoms with Gasteiger partial charge in [-0.1, -0.05) is 12.1 Å². The number of carbonyl (C=O) groups is 1. The average Bonchev–Trinajstić information content (AvgIpc) is 3.16. The number of carbonyl (C=O) groups excluding carboxylic acids is 1. The van der Waals surface area contributed by atoms with Crippen LogP contribution in [-0.2, 0) is 0 Å². The molecule has 0 aliphatic heterocycles. The highest BCUT2D eigenvalue weighted by Crippen LogP contribution is 2.25. The van der Waals surface area contributed by atoms with E-state index in [1.165, 1.54) is 0 Å². The quantitative estimate of drug-likeness (QED) is 0.715. The molecule has 0 spiro atoms. The smallest absolute Gasteiger partial charge is 0.276 e. The molecular formula is C16H15N3O2S. The number of para-hydroxylation sites is 1. The van der Waals surface area contributed by atoms with E-state index in [1.807, 2.05) is 49.6 Å². The number of thioether (sulfide) groups is 1. The summed E-state index contributed by atoms with van der Waals surface area (Å²) in [6.45, 7) is 1.87. The Balaban J connectivity index is 1.80. The number of aromatic nitrogens is 2. The fraction of sp³-hybridized carbons (Fsp3) is 0.125. The highest BCUT2D eigenvalue weighted by Gasteiger charge is 2.14. The average molecular weight is 313 g/mol. The number of amides is 1. The molecule has 0 saturated carbocycles. The maximum absolute atomic E-state index is 12.3. The van der Waals surface area contributed by atoms with Gasteiger partial charge in [0.25, 0.3) is 5.91 Å². The Kier molecular flexibility index (Phi) is 4.02. The Bertz CT molecular complexity index is 807. The monoisotopic (exact) mass is 313 g/mol. The molecule has 5 nitrogen and oxygen atoms in total. The van der Waals surface area contributed by atoms with Crippen molar-refractivity contribution in [2.45, 2.75) is 11.8 Å². The summed E-state index contributed by atoms with van der Waals surface area (Å²) in [5.41, 5.74) is 1.77. The fourth-order valence-electron chi connectivity index (χ4n) is 2.08. The Hall–Kier alpha value is -2.47. The number of benzene rings is 1. The number of hydrogen-bond donors (Lipinski definition) is 2. The second kappa shape index (κ2) is 6.11. The van der Waals surface area contributed by atoms with Gasteiger partial charge in [-0.15, -0.1) is 11.8 Å². The van der Waals surface area contributed by atoms with Crippen LogP contribution in [0, 0.1) is 6.92 Å². The van der Waals surface area contributed by atoms with Crippen LogP contribution in [0.5, 0.6) is 0 Å². The first-order valence-electron chi connectivity index (χ1n) is 6.74. The van der Waals surface area contributed by atoms with E-state index in [1.54, 1.807) is 17.8 Å². The molecule has 0 bridgehead atoms. The third-order valence-corrected chi connectivity index (χ3v) is 3.97. The zero-order valence-corrected chi connectivity index (χ0v) is 13.0. The van der Waals surface area contributed by atoms with Crippen LogP contribution in [0.15, 0.2) is 51.8 Å². The first-order chi connectivity index (χ1) is 10.7. The van der Waals surface area contributed by atoms with Crippen molar-refractivity contribution in [1.29, 1.82) is 0 Å². The van der Waals surface area contributed by atoms with Gasteiger partial charge >= 0.3 is 0 Å². The van der Waals surface area contributed by atoms with Gasteiger partial charge in [-0.2, -0.15) is 5.10 Å². The fourth-order valence-corrected chi connectivity index (χ4v) is 2.63. The summed E-state index contributed by atoms with van der Waals surface area (Å²) < 4.78 is 5.51. The third-order valence-electron chi connectivity index (χ3n) is 3.17. The van der Waals surface area contributed by atoms with Crippen molar-refractivity contribution in [1.82, 2.24) is 10.2 Å². The van der Waals surface area contributed by atoms with E-state index in [0.717, 1.165) is 16.3 Å². The van der Waals surface area contributed by atoms with Crippen LogP contribution in [-0.4, -0.2) is 22.4 Å². The molecular weight excluding hydrogens is 298 g/mol. The number of hydrogen-bond acceptors (Lipinski definition) is 4. The summed E-state index contributed by atoms with van der Waals surface area (Å²) in [7, 11) is 0. The molecule has 2 heterocycles. The van der Waals surface area contributed by atoms with Crippen molar-refractivity contribution < 1.29 is 9.21 Å². The molecule has 0 aliphatic carbocycles. The summed E-state index contributed by atoms with van der Waals surface area (Å²) in [5.74, 6) is 1.21. The highest BCUT2D eigenvalue weighted by molar-refractivity contribution is 7.98. The molecule has 1 aromatic carbocycles. The van der Waals surface area contributed by atoms with Gasteiger partial charge in [0.05, 0.1) is 5.69 Å². The first-order valence-corrected chi connectivity index (χ1v) is 7.96. The van der Waals surface area contributed by atoms with Crippen LogP contribution in [0.2, 0.25) is 0 Å². The van der Waals surface area contributed by atoms with Crippen LogP contribution < -0.4 is 5.32 Å². The third kappa shape index (κ3) is 2.92. The molecule has 6 heteroatoms. The van der Waals surface area contributed by atoms with Crippen LogP contribution in [0.25, 0.3) is 11.5 Å². The maximum Gasteiger partial charge on any atom is 0.276 e. The zero-order chi connectivity index (χ0) is 15.5. The molecule has 3 aromatic rings. The molecule has 2 aromatic heterocycles. The Morgan fingerprint density at radius 1 is 1.27 bits per heavy atom. The van der Waals surface area contributed by atoms with Gasteiger partial charge in [0.2, 0.25) is 0 Å². The minimum Gasteiger partial charge on any atom is -0.460 e. The number of rotatable bonds is 4. The SMILES string of the molecule is CSc1ccccc1NC(=O)c1cc(-c2ccc(C)o2)[nH]n1. The van der Waals surface area contributed by atoms with E-state index < -0.39 is 0 Å². The van der Waals surface area contributed by atoms with E-state index in [4.69, 9.17) is 4.42 Å². The predicted octanol–water partition coefficient (Wildman–Crippen LogP) is 3.95. The van der Waals surface area contributed by atoms with Crippen molar-refractivity contribution >= 4 is 23.4 Å². The Morgan fingerprint density at radius 3 is 2.82 bits per heavy atom. The molecule has 0 saturated heterocycles. The maximum atomic E-state index is 12.3. The lowest BCUT2D eigenvalue weighted by molar-refractivity contribution is 0.102. The molecule has 0 aliphatic rings. The van der Waals surface area contributed by atoms with Crippen LogP contribution in [0.4, 0.5) is 5.69 Å². The summed E-state index contributed by atoms with van der Waals surface area (Å²) in [6.07, 6.45) is 1.97. The minimum absolute atomic E-state index is 0.257. The summed E-state index contributed by atoms with van der Waals surface area (Å²) in [6, 6.07) is 13.0. The molecule has 3 rings (SSSR count). The summed E-state index contributed by atoms with van der Waals surface area (Å²) >= 11 is 1.58. The highest BCUT2D eigenvalue weighted by atomic mass is 32.2. The number of aromatic amines is 1. The lowest BCUT2D eigenvalue weighted by atomic mass is 10.2. The van der Waals surface area contributed by atoms with Crippen molar-refractivity contribution in [2.24, 2.45) is 0 Å². The molecule has 0 atom stereocenters. The van der Waals surface area contributed by atoms with E-state index >= 15 is 0 Å². The number of anilines is 1. The lowest BCUT2D eigenvalue weighted by Gasteiger charge is -2.07. The largest absolute Gasteiger partial charge is 0.460 e. The van der Waals surface area contributed by atoms with Crippen molar-refractivity contribution in [3.8, 4) is 11.5 Å². The standard InChI is InChI=1S/C16H15N3O2S/c1-10-7-8-14(21-10)12-9-13(19-18-12)16(20)17-11-5-3-4-6-15(11)22-2/h3-9H,1-2H3,(H,17,20)(H,18,19). The number of furan rings is 1. The minimum atomic E-state index is -0.257. The topological polar surface area (TPSA) is 70.9 Å². The number of H-pyrrole nitrogens is 1. The van der Waals surface area contributed by atoms with E-state index in [-0.39, 0.29) is 5.91 Å². The van der Waals surface area contributed by atoms with Gasteiger partial charge in [0, 0.05) is 11.0 Å². The second-order valence-electron chi connectivity index (χ2n) is 4.73. The van der Waals surface area contributed by atoms with Gasteiger partial charge in [-0.25, -0.2) is 0 Å². The second-order valence-corrected chi connectivity index (χ2v) is 5.58. The van der Waals surface area contributed by atoms with Gasteiger partial charge in [0.1, 0.15) is 11.5 Å². The molecule has 0 unspecified atom stereocenters. The molecule has 2 N–H and O–H groups in total. The van der Waals surface area contributed by atoms with E-state index in [2.05, 4.69) is 15.5 Å².